The Kier molecular flexibility index (Phi) is 5.74. The maximum atomic E-state index is 13.2. The average Bonchev–Trinajstić information content (AvgIpc) is 3.45. The van der Waals surface area contributed by atoms with Gasteiger partial charge in [-0.15, -0.1) is 0 Å². The topological polar surface area (TPSA) is 61.4 Å². The van der Waals surface area contributed by atoms with Crippen molar-refractivity contribution in [1.29, 1.82) is 0 Å². The molecule has 2 unspecified atom stereocenters. The molecule has 0 spiro atoms. The smallest absolute Gasteiger partial charge is 0.228 e. The summed E-state index contributed by atoms with van der Waals surface area (Å²) in [6.45, 7) is 6.04. The second-order valence-electron chi connectivity index (χ2n) is 6.66. The van der Waals surface area contributed by atoms with E-state index in [-0.39, 0.29) is 23.7 Å². The highest BCUT2D eigenvalue weighted by atomic mass is 19.1. The Balaban J connectivity index is 1.53. The first-order chi connectivity index (χ1) is 13.0. The molecular formula is C21H24FN3O2. The predicted octanol–water partition coefficient (Wildman–Crippen LogP) is 3.89. The lowest BCUT2D eigenvalue weighted by Crippen LogP contribution is -2.22. The summed E-state index contributed by atoms with van der Waals surface area (Å²) in [6.07, 6.45) is 0.504. The summed E-state index contributed by atoms with van der Waals surface area (Å²) in [7, 11) is 0. The predicted molar refractivity (Wildman–Crippen MR) is 105 cm³/mol. The number of anilines is 3. The molecule has 2 aromatic rings. The van der Waals surface area contributed by atoms with Crippen LogP contribution < -0.4 is 15.5 Å². The minimum atomic E-state index is -0.411. The number of hydrogen-bond donors (Lipinski definition) is 2. The van der Waals surface area contributed by atoms with Crippen molar-refractivity contribution in [3.63, 3.8) is 0 Å². The highest BCUT2D eigenvalue weighted by Crippen LogP contribution is 2.40. The lowest BCUT2D eigenvalue weighted by Gasteiger charge is -2.21. The van der Waals surface area contributed by atoms with Crippen molar-refractivity contribution < 1.29 is 14.0 Å². The fourth-order valence-electron chi connectivity index (χ4n) is 3.16. The van der Waals surface area contributed by atoms with Gasteiger partial charge in [0.25, 0.3) is 0 Å². The minimum Gasteiger partial charge on any atom is -0.372 e. The summed E-state index contributed by atoms with van der Waals surface area (Å²) in [5, 5.41) is 5.53. The Hall–Kier alpha value is -2.89. The van der Waals surface area contributed by atoms with Crippen LogP contribution in [0.25, 0.3) is 0 Å². The summed E-state index contributed by atoms with van der Waals surface area (Å²) in [5.74, 6) is -1.54. The number of halogens is 1. The van der Waals surface area contributed by atoms with Crippen LogP contribution in [-0.2, 0) is 9.59 Å². The van der Waals surface area contributed by atoms with Gasteiger partial charge in [-0.1, -0.05) is 6.07 Å². The molecule has 3 rings (SSSR count). The Morgan fingerprint density at radius 3 is 2.11 bits per heavy atom. The van der Waals surface area contributed by atoms with Gasteiger partial charge >= 0.3 is 0 Å². The SMILES string of the molecule is CCN(CC)c1ccc(NC(=O)C2CC2C(=O)Nc2cccc(F)c2)cc1. The lowest BCUT2D eigenvalue weighted by molar-refractivity contribution is -0.122. The third-order valence-corrected chi connectivity index (χ3v) is 4.82. The Morgan fingerprint density at radius 2 is 1.56 bits per heavy atom. The number of amides is 2. The van der Waals surface area contributed by atoms with E-state index in [4.69, 9.17) is 0 Å². The molecule has 2 aromatic carbocycles. The number of rotatable bonds is 7. The molecule has 0 radical (unpaired) electrons. The third-order valence-electron chi connectivity index (χ3n) is 4.82. The molecule has 0 saturated heterocycles. The van der Waals surface area contributed by atoms with E-state index in [1.54, 1.807) is 6.07 Å². The van der Waals surface area contributed by atoms with Crippen LogP contribution in [0, 0.1) is 17.7 Å². The van der Waals surface area contributed by atoms with Crippen LogP contribution in [-0.4, -0.2) is 24.9 Å². The number of nitrogens with one attached hydrogen (secondary N) is 2. The summed E-state index contributed by atoms with van der Waals surface area (Å²) < 4.78 is 13.2. The number of benzene rings is 2. The molecule has 2 N–H and O–H groups in total. The van der Waals surface area contributed by atoms with Crippen LogP contribution in [0.5, 0.6) is 0 Å². The molecule has 1 fully saturated rings. The van der Waals surface area contributed by atoms with Crippen molar-refractivity contribution >= 4 is 28.9 Å². The van der Waals surface area contributed by atoms with E-state index in [9.17, 15) is 14.0 Å². The van der Waals surface area contributed by atoms with Crippen molar-refractivity contribution in [2.75, 3.05) is 28.6 Å². The highest BCUT2D eigenvalue weighted by molar-refractivity contribution is 6.03. The maximum Gasteiger partial charge on any atom is 0.228 e. The van der Waals surface area contributed by atoms with Crippen molar-refractivity contribution in [1.82, 2.24) is 0 Å². The van der Waals surface area contributed by atoms with Gasteiger partial charge in [-0.25, -0.2) is 4.39 Å². The summed E-state index contributed by atoms with van der Waals surface area (Å²) in [4.78, 5) is 26.8. The zero-order valence-corrected chi connectivity index (χ0v) is 15.5. The Labute approximate surface area is 158 Å². The zero-order valence-electron chi connectivity index (χ0n) is 15.5. The van der Waals surface area contributed by atoms with Crippen LogP contribution in [0.1, 0.15) is 20.3 Å². The van der Waals surface area contributed by atoms with E-state index < -0.39 is 5.82 Å². The number of nitrogens with zero attached hydrogens (tertiary/aromatic N) is 1. The van der Waals surface area contributed by atoms with Crippen molar-refractivity contribution in [2.45, 2.75) is 20.3 Å². The summed E-state index contributed by atoms with van der Waals surface area (Å²) in [5.41, 5.74) is 2.22. The van der Waals surface area contributed by atoms with Crippen LogP contribution >= 0.6 is 0 Å². The lowest BCUT2D eigenvalue weighted by atomic mass is 10.2. The molecule has 2 amide bonds. The fraction of sp³-hybridized carbons (Fsp3) is 0.333. The Bertz CT molecular complexity index is 818. The van der Waals surface area contributed by atoms with E-state index in [1.807, 2.05) is 24.3 Å². The van der Waals surface area contributed by atoms with Crippen LogP contribution in [0.2, 0.25) is 0 Å². The van der Waals surface area contributed by atoms with Gasteiger partial charge in [-0.2, -0.15) is 0 Å². The molecule has 142 valence electrons. The zero-order chi connectivity index (χ0) is 19.4. The van der Waals surface area contributed by atoms with E-state index in [1.165, 1.54) is 18.2 Å². The first-order valence-corrected chi connectivity index (χ1v) is 9.24. The molecule has 5 nitrogen and oxygen atoms in total. The van der Waals surface area contributed by atoms with Crippen molar-refractivity contribution in [3.05, 3.63) is 54.3 Å². The molecule has 6 heteroatoms. The third kappa shape index (κ3) is 4.64. The van der Waals surface area contributed by atoms with Crippen molar-refractivity contribution in [3.8, 4) is 0 Å². The van der Waals surface area contributed by atoms with Gasteiger partial charge in [0.15, 0.2) is 0 Å². The molecule has 1 aliphatic carbocycles. The van der Waals surface area contributed by atoms with Gasteiger partial charge in [0.1, 0.15) is 5.82 Å². The quantitative estimate of drug-likeness (QED) is 0.778. The van der Waals surface area contributed by atoms with E-state index in [0.29, 0.717) is 17.8 Å². The molecule has 0 aromatic heterocycles. The van der Waals surface area contributed by atoms with E-state index >= 15 is 0 Å². The molecular weight excluding hydrogens is 345 g/mol. The van der Waals surface area contributed by atoms with Gasteiger partial charge in [-0.05, 0) is 62.7 Å². The summed E-state index contributed by atoms with van der Waals surface area (Å²) in [6, 6.07) is 13.4. The maximum absolute atomic E-state index is 13.2. The van der Waals surface area contributed by atoms with Gasteiger partial charge < -0.3 is 15.5 Å². The van der Waals surface area contributed by atoms with Gasteiger partial charge in [0, 0.05) is 30.2 Å². The van der Waals surface area contributed by atoms with Gasteiger partial charge in [-0.3, -0.25) is 9.59 Å². The first kappa shape index (κ1) is 18.9. The molecule has 1 aliphatic rings. The number of carbonyl (C=O) groups is 2. The monoisotopic (exact) mass is 369 g/mol. The molecule has 0 heterocycles. The fourth-order valence-corrected chi connectivity index (χ4v) is 3.16. The normalized spacial score (nSPS) is 17.9. The Morgan fingerprint density at radius 1 is 0.963 bits per heavy atom. The van der Waals surface area contributed by atoms with Crippen LogP contribution in [0.15, 0.2) is 48.5 Å². The summed E-state index contributed by atoms with van der Waals surface area (Å²) >= 11 is 0. The van der Waals surface area contributed by atoms with Crippen LogP contribution in [0.3, 0.4) is 0 Å². The second-order valence-corrected chi connectivity index (χ2v) is 6.66. The molecule has 1 saturated carbocycles. The first-order valence-electron chi connectivity index (χ1n) is 9.24. The second kappa shape index (κ2) is 8.20. The molecule has 0 aliphatic heterocycles. The number of carbonyl (C=O) groups excluding carboxylic acids is 2. The largest absolute Gasteiger partial charge is 0.372 e. The van der Waals surface area contributed by atoms with Gasteiger partial charge in [0.05, 0.1) is 11.8 Å². The molecule has 2 atom stereocenters. The minimum absolute atomic E-state index is 0.162. The number of hydrogen-bond acceptors (Lipinski definition) is 3. The van der Waals surface area contributed by atoms with E-state index in [0.717, 1.165) is 18.8 Å². The molecule has 0 bridgehead atoms. The standard InChI is InChI=1S/C21H24FN3O2/c1-3-25(4-2)17-10-8-15(9-11-17)23-20(26)18-13-19(18)21(27)24-16-7-5-6-14(22)12-16/h5-12,18-19H,3-4,13H2,1-2H3,(H,23,26)(H,24,27). The molecule has 27 heavy (non-hydrogen) atoms. The van der Waals surface area contributed by atoms with Crippen LogP contribution in [0.4, 0.5) is 21.5 Å². The highest BCUT2D eigenvalue weighted by Gasteiger charge is 2.48. The van der Waals surface area contributed by atoms with E-state index in [2.05, 4.69) is 29.4 Å². The van der Waals surface area contributed by atoms with Gasteiger partial charge in [0.2, 0.25) is 11.8 Å². The van der Waals surface area contributed by atoms with Crippen molar-refractivity contribution in [2.24, 2.45) is 11.8 Å². The average molecular weight is 369 g/mol.